The van der Waals surface area contributed by atoms with E-state index in [2.05, 4.69) is 120 Å². The van der Waals surface area contributed by atoms with Crippen molar-refractivity contribution in [1.29, 1.82) is 0 Å². The summed E-state index contributed by atoms with van der Waals surface area (Å²) in [6, 6.07) is 0.608. The first kappa shape index (κ1) is 27.4. The first-order chi connectivity index (χ1) is 15.3. The molecule has 34 heavy (non-hydrogen) atoms. The van der Waals surface area contributed by atoms with Gasteiger partial charge >= 0.3 is 0 Å². The van der Waals surface area contributed by atoms with E-state index in [-0.39, 0.29) is 27.4 Å². The lowest BCUT2D eigenvalue weighted by atomic mass is 9.70. The van der Waals surface area contributed by atoms with Crippen LogP contribution in [0.5, 0.6) is 0 Å². The van der Waals surface area contributed by atoms with Crippen LogP contribution in [0.15, 0.2) is 0 Å². The molecule has 0 aliphatic carbocycles. The third-order valence-electron chi connectivity index (χ3n) is 9.72. The van der Waals surface area contributed by atoms with Crippen molar-refractivity contribution < 1.29 is 0 Å². The number of halogens is 1. The molecule has 3 rings (SSSR count). The van der Waals surface area contributed by atoms with Gasteiger partial charge in [0.15, 0.2) is 0 Å². The van der Waals surface area contributed by atoms with E-state index in [0.29, 0.717) is 29.9 Å². The highest BCUT2D eigenvalue weighted by Gasteiger charge is 2.50. The fourth-order valence-electron chi connectivity index (χ4n) is 6.40. The minimum atomic E-state index is 0.0441. The second kappa shape index (κ2) is 8.74. The molecule has 2 fully saturated rings. The van der Waals surface area contributed by atoms with Crippen LogP contribution in [-0.4, -0.2) is 87.2 Å². The maximum atomic E-state index is 6.49. The highest BCUT2D eigenvalue weighted by Crippen LogP contribution is 2.43. The van der Waals surface area contributed by atoms with E-state index < -0.39 is 0 Å². The van der Waals surface area contributed by atoms with Crippen LogP contribution in [0.25, 0.3) is 0 Å². The molecule has 2 aliphatic rings. The molecular weight excluding hydrogens is 446 g/mol. The smallest absolute Gasteiger partial charge is 0.231 e. The summed E-state index contributed by atoms with van der Waals surface area (Å²) in [6.45, 7) is 20.9. The van der Waals surface area contributed by atoms with Gasteiger partial charge in [-0.25, -0.2) is 0 Å². The lowest BCUT2D eigenvalue weighted by molar-refractivity contribution is -0.0499. The second-order valence-electron chi connectivity index (χ2n) is 13.3. The minimum absolute atomic E-state index is 0.0441. The van der Waals surface area contributed by atoms with Crippen LogP contribution in [0, 0.1) is 5.92 Å². The summed E-state index contributed by atoms with van der Waals surface area (Å²) < 4.78 is 0. The van der Waals surface area contributed by atoms with Crippen LogP contribution in [0.2, 0.25) is 5.28 Å². The number of likely N-dealkylation sites (tertiary alicyclic amines) is 2. The number of hydrogen-bond donors (Lipinski definition) is 0. The van der Waals surface area contributed by atoms with Crippen molar-refractivity contribution in [2.24, 2.45) is 5.92 Å². The van der Waals surface area contributed by atoms with Gasteiger partial charge in [0.2, 0.25) is 17.2 Å². The van der Waals surface area contributed by atoms with Crippen LogP contribution in [0.4, 0.5) is 11.9 Å². The van der Waals surface area contributed by atoms with E-state index in [0.717, 1.165) is 19.3 Å². The Morgan fingerprint density at radius 3 is 1.68 bits per heavy atom. The molecule has 8 heteroatoms. The lowest BCUT2D eigenvalue weighted by Crippen LogP contribution is -2.67. The molecule has 0 N–H and O–H groups in total. The molecule has 2 unspecified atom stereocenters. The van der Waals surface area contributed by atoms with Crippen molar-refractivity contribution in [2.45, 2.75) is 116 Å². The van der Waals surface area contributed by atoms with Crippen LogP contribution in [0.3, 0.4) is 0 Å². The normalized spacial score (nSPS) is 29.1. The van der Waals surface area contributed by atoms with E-state index in [4.69, 9.17) is 16.6 Å². The fourth-order valence-corrected chi connectivity index (χ4v) is 6.55. The Morgan fingerprint density at radius 2 is 1.18 bits per heavy atom. The molecule has 2 atom stereocenters. The first-order valence-electron chi connectivity index (χ1n) is 12.7. The van der Waals surface area contributed by atoms with Gasteiger partial charge in [0.05, 0.1) is 0 Å². The number of aromatic nitrogens is 3. The van der Waals surface area contributed by atoms with Gasteiger partial charge < -0.3 is 9.80 Å². The Bertz CT molecular complexity index is 879. The van der Waals surface area contributed by atoms with Crippen molar-refractivity contribution in [3.63, 3.8) is 0 Å². The summed E-state index contributed by atoms with van der Waals surface area (Å²) >= 11 is 6.49. The van der Waals surface area contributed by atoms with E-state index in [1.165, 1.54) is 0 Å². The molecule has 0 spiro atoms. The summed E-state index contributed by atoms with van der Waals surface area (Å²) in [6.07, 6.45) is 3.09. The topological polar surface area (TPSA) is 51.6 Å². The molecule has 0 aromatic carbocycles. The van der Waals surface area contributed by atoms with Gasteiger partial charge in [0, 0.05) is 48.3 Å². The first-order valence-corrected chi connectivity index (χ1v) is 13.0. The summed E-state index contributed by atoms with van der Waals surface area (Å²) in [5.41, 5.74) is 0.273. The predicted octanol–water partition coefficient (Wildman–Crippen LogP) is 4.95. The third kappa shape index (κ3) is 4.77. The Kier molecular flexibility index (Phi) is 7.04. The molecule has 194 valence electrons. The van der Waals surface area contributed by atoms with Crippen LogP contribution < -0.4 is 9.80 Å². The van der Waals surface area contributed by atoms with Crippen molar-refractivity contribution in [3.8, 4) is 0 Å². The van der Waals surface area contributed by atoms with Crippen molar-refractivity contribution in [3.05, 3.63) is 5.28 Å². The average molecular weight is 494 g/mol. The quantitative estimate of drug-likeness (QED) is 0.588. The molecule has 0 saturated carbocycles. The molecule has 0 bridgehead atoms. The molecule has 1 aromatic heterocycles. The molecule has 0 radical (unpaired) electrons. The molecular formula is C26H48ClN7. The lowest BCUT2D eigenvalue weighted by Gasteiger charge is -2.58. The Hall–Kier alpha value is -1.18. The summed E-state index contributed by atoms with van der Waals surface area (Å²) in [5.74, 6) is 1.73. The van der Waals surface area contributed by atoms with E-state index in [1.807, 2.05) is 0 Å². The van der Waals surface area contributed by atoms with Crippen molar-refractivity contribution in [2.75, 3.05) is 38.0 Å². The highest BCUT2D eigenvalue weighted by atomic mass is 35.5. The maximum Gasteiger partial charge on any atom is 0.231 e. The minimum Gasteiger partial charge on any atom is -0.341 e. The summed E-state index contributed by atoms with van der Waals surface area (Å²) in [5, 5.41) is 0.254. The standard InChI is InChI=1S/C26H48ClN7/c1-17-19(16-25(6,7)34(13)26(17,8)9)32(11)22-29-20(27)28-21(30-22)31(10)18-14-23(2,3)33(12)24(4,5)15-18/h17-19H,14-16H2,1-13H3. The molecule has 0 amide bonds. The van der Waals surface area contributed by atoms with Crippen LogP contribution >= 0.6 is 11.6 Å². The predicted molar refractivity (Wildman–Crippen MR) is 144 cm³/mol. The Balaban J connectivity index is 1.92. The number of hydrogen-bond acceptors (Lipinski definition) is 7. The molecule has 2 saturated heterocycles. The van der Waals surface area contributed by atoms with E-state index in [9.17, 15) is 0 Å². The van der Waals surface area contributed by atoms with Gasteiger partial charge in [-0.1, -0.05) is 6.92 Å². The second-order valence-corrected chi connectivity index (χ2v) is 13.6. The number of piperidine rings is 2. The third-order valence-corrected chi connectivity index (χ3v) is 9.89. The van der Waals surface area contributed by atoms with Gasteiger partial charge in [0.25, 0.3) is 0 Å². The van der Waals surface area contributed by atoms with Crippen LogP contribution in [-0.2, 0) is 0 Å². The summed E-state index contributed by atoms with van der Waals surface area (Å²) in [7, 11) is 8.68. The zero-order valence-electron chi connectivity index (χ0n) is 23.9. The molecule has 7 nitrogen and oxygen atoms in total. The Morgan fingerprint density at radius 1 is 0.735 bits per heavy atom. The van der Waals surface area contributed by atoms with Gasteiger partial charge in [-0.05, 0) is 106 Å². The van der Waals surface area contributed by atoms with Crippen molar-refractivity contribution in [1.82, 2.24) is 24.8 Å². The van der Waals surface area contributed by atoms with Crippen molar-refractivity contribution >= 4 is 23.5 Å². The molecule has 1 aromatic rings. The number of rotatable bonds is 4. The monoisotopic (exact) mass is 493 g/mol. The highest BCUT2D eigenvalue weighted by molar-refractivity contribution is 6.28. The van der Waals surface area contributed by atoms with E-state index in [1.54, 1.807) is 0 Å². The largest absolute Gasteiger partial charge is 0.341 e. The van der Waals surface area contributed by atoms with Gasteiger partial charge in [-0.3, -0.25) is 9.80 Å². The zero-order valence-corrected chi connectivity index (χ0v) is 24.6. The van der Waals surface area contributed by atoms with Crippen LogP contribution in [0.1, 0.15) is 81.6 Å². The van der Waals surface area contributed by atoms with E-state index >= 15 is 0 Å². The van der Waals surface area contributed by atoms with Gasteiger partial charge in [0.1, 0.15) is 0 Å². The van der Waals surface area contributed by atoms with Gasteiger partial charge in [-0.15, -0.1) is 0 Å². The average Bonchev–Trinajstić information content (AvgIpc) is 2.71. The fraction of sp³-hybridized carbons (Fsp3) is 0.885. The maximum absolute atomic E-state index is 6.49. The molecule has 3 heterocycles. The zero-order chi connectivity index (χ0) is 26.0. The SMILES string of the molecule is CC1C(N(C)c2nc(Cl)nc(N(C)C3CC(C)(C)N(C)C(C)(C)C3)n2)CC(C)(C)N(C)C1(C)C. The molecule has 2 aliphatic heterocycles. The number of anilines is 2. The number of nitrogens with zero attached hydrogens (tertiary/aromatic N) is 7. The Labute approximate surface area is 213 Å². The summed E-state index contributed by atoms with van der Waals surface area (Å²) in [4.78, 5) is 23.6. The van der Waals surface area contributed by atoms with Gasteiger partial charge in [-0.2, -0.15) is 15.0 Å².